The van der Waals surface area contributed by atoms with Gasteiger partial charge in [0.05, 0.1) is 4.92 Å². The molecular weight excluding hydrogens is 238 g/mol. The second-order valence-electron chi connectivity index (χ2n) is 3.83. The van der Waals surface area contributed by atoms with Crippen LogP contribution in [0.4, 0.5) is 0 Å². The molecule has 1 fully saturated rings. The van der Waals surface area contributed by atoms with E-state index in [4.69, 9.17) is 0 Å². The lowest BCUT2D eigenvalue weighted by molar-refractivity contribution is -0.403. The number of hydrogen-bond acceptors (Lipinski definition) is 5. The molecule has 0 bridgehead atoms. The topological polar surface area (TPSA) is 59.3 Å². The first-order chi connectivity index (χ1) is 8.15. The Balaban J connectivity index is 2.07. The monoisotopic (exact) mass is 251 g/mol. The van der Waals surface area contributed by atoms with Gasteiger partial charge in [-0.2, -0.15) is 0 Å². The molecule has 0 saturated carbocycles. The van der Waals surface area contributed by atoms with Gasteiger partial charge in [-0.1, -0.05) is 6.07 Å². The number of nitrogens with zero attached hydrogens (tertiary/aromatic N) is 3. The smallest absolute Gasteiger partial charge is 0.264 e. The van der Waals surface area contributed by atoms with Gasteiger partial charge < -0.3 is 4.90 Å². The number of thioether (sulfide) groups is 1. The van der Waals surface area contributed by atoms with Gasteiger partial charge in [0.15, 0.2) is 0 Å². The first kappa shape index (κ1) is 11.9. The second-order valence-corrected chi connectivity index (χ2v) is 4.95. The minimum Gasteiger partial charge on any atom is -0.356 e. The van der Waals surface area contributed by atoms with E-state index in [0.717, 1.165) is 34.8 Å². The van der Waals surface area contributed by atoms with E-state index in [2.05, 4.69) is 4.98 Å². The number of pyridine rings is 1. The summed E-state index contributed by atoms with van der Waals surface area (Å²) in [6.45, 7) is 3.46. The Hall–Kier alpha value is -1.56. The molecule has 0 unspecified atom stereocenters. The lowest BCUT2D eigenvalue weighted by Crippen LogP contribution is -2.18. The molecule has 2 rings (SSSR count). The van der Waals surface area contributed by atoms with Gasteiger partial charge in [-0.05, 0) is 18.6 Å². The van der Waals surface area contributed by atoms with Crippen LogP contribution in [0.3, 0.4) is 0 Å². The molecule has 1 aliphatic heterocycles. The van der Waals surface area contributed by atoms with Gasteiger partial charge in [0.25, 0.3) is 6.20 Å². The number of nitro groups is 1. The van der Waals surface area contributed by atoms with Crippen molar-refractivity contribution in [3.05, 3.63) is 50.9 Å². The fourth-order valence-corrected chi connectivity index (χ4v) is 2.66. The average molecular weight is 251 g/mol. The van der Waals surface area contributed by atoms with E-state index in [-0.39, 0.29) is 0 Å². The van der Waals surface area contributed by atoms with Gasteiger partial charge in [0, 0.05) is 30.7 Å². The summed E-state index contributed by atoms with van der Waals surface area (Å²) in [6.07, 6.45) is 2.90. The Morgan fingerprint density at radius 2 is 2.47 bits per heavy atom. The first-order valence-corrected chi connectivity index (χ1v) is 6.28. The van der Waals surface area contributed by atoms with Crippen LogP contribution in [0.15, 0.2) is 29.6 Å². The third kappa shape index (κ3) is 3.20. The molecule has 17 heavy (non-hydrogen) atoms. The zero-order valence-electron chi connectivity index (χ0n) is 9.50. The van der Waals surface area contributed by atoms with Crippen molar-refractivity contribution in [2.24, 2.45) is 0 Å². The van der Waals surface area contributed by atoms with Crippen LogP contribution in [-0.2, 0) is 6.54 Å². The van der Waals surface area contributed by atoms with Crippen molar-refractivity contribution in [3.63, 3.8) is 0 Å². The zero-order chi connectivity index (χ0) is 12.3. The molecule has 0 aliphatic carbocycles. The maximum Gasteiger partial charge on any atom is 0.264 e. The van der Waals surface area contributed by atoms with Crippen LogP contribution in [0.1, 0.15) is 11.3 Å². The Morgan fingerprint density at radius 3 is 3.12 bits per heavy atom. The van der Waals surface area contributed by atoms with Crippen LogP contribution in [0.2, 0.25) is 0 Å². The predicted molar refractivity (Wildman–Crippen MR) is 66.9 cm³/mol. The maximum absolute atomic E-state index is 10.5. The van der Waals surface area contributed by atoms with Crippen LogP contribution in [0.5, 0.6) is 0 Å². The molecule has 1 aromatic heterocycles. The molecule has 0 atom stereocenters. The van der Waals surface area contributed by atoms with Gasteiger partial charge in [-0.15, -0.1) is 11.8 Å². The maximum atomic E-state index is 10.5. The lowest BCUT2D eigenvalue weighted by Gasteiger charge is -2.16. The summed E-state index contributed by atoms with van der Waals surface area (Å²) in [5.74, 6) is 0.902. The first-order valence-electron chi connectivity index (χ1n) is 5.30. The molecular formula is C11H13N3O2S. The minimum absolute atomic E-state index is 0.395. The molecule has 0 spiro atoms. The van der Waals surface area contributed by atoms with Crippen LogP contribution in [0, 0.1) is 17.0 Å². The minimum atomic E-state index is -0.395. The predicted octanol–water partition coefficient (Wildman–Crippen LogP) is 2.01. The third-order valence-corrected chi connectivity index (χ3v) is 3.53. The van der Waals surface area contributed by atoms with Crippen molar-refractivity contribution >= 4 is 11.8 Å². The van der Waals surface area contributed by atoms with Gasteiger partial charge in [-0.25, -0.2) is 0 Å². The molecule has 1 aromatic rings. The van der Waals surface area contributed by atoms with Gasteiger partial charge in [-0.3, -0.25) is 15.1 Å². The zero-order valence-corrected chi connectivity index (χ0v) is 10.3. The third-order valence-electron chi connectivity index (χ3n) is 2.48. The summed E-state index contributed by atoms with van der Waals surface area (Å²) in [7, 11) is 0. The van der Waals surface area contributed by atoms with Gasteiger partial charge in [0.1, 0.15) is 5.03 Å². The summed E-state index contributed by atoms with van der Waals surface area (Å²) in [5.41, 5.74) is 2.05. The fraction of sp³-hybridized carbons (Fsp3) is 0.364. The van der Waals surface area contributed by atoms with Gasteiger partial charge in [0.2, 0.25) is 0 Å². The van der Waals surface area contributed by atoms with E-state index >= 15 is 0 Å². The van der Waals surface area contributed by atoms with Crippen molar-refractivity contribution in [1.29, 1.82) is 0 Å². The molecule has 1 aliphatic rings. The van der Waals surface area contributed by atoms with E-state index in [1.54, 1.807) is 0 Å². The number of aromatic nitrogens is 1. The van der Waals surface area contributed by atoms with Crippen molar-refractivity contribution in [2.45, 2.75) is 13.5 Å². The summed E-state index contributed by atoms with van der Waals surface area (Å²) >= 11 is 1.53. The van der Waals surface area contributed by atoms with E-state index in [1.165, 1.54) is 11.8 Å². The summed E-state index contributed by atoms with van der Waals surface area (Å²) in [4.78, 5) is 16.3. The van der Waals surface area contributed by atoms with E-state index in [9.17, 15) is 10.1 Å². The average Bonchev–Trinajstić information content (AvgIpc) is 2.68. The summed E-state index contributed by atoms with van der Waals surface area (Å²) in [5, 5.41) is 11.2. The van der Waals surface area contributed by atoms with Gasteiger partial charge >= 0.3 is 0 Å². The van der Waals surface area contributed by atoms with Crippen LogP contribution in [-0.4, -0.2) is 27.1 Å². The second kappa shape index (κ2) is 5.18. The van der Waals surface area contributed by atoms with E-state index < -0.39 is 4.92 Å². The van der Waals surface area contributed by atoms with Crippen molar-refractivity contribution in [2.75, 3.05) is 12.3 Å². The Labute approximate surface area is 104 Å². The fourth-order valence-electron chi connectivity index (χ4n) is 1.64. The highest BCUT2D eigenvalue weighted by Crippen LogP contribution is 2.28. The highest BCUT2D eigenvalue weighted by atomic mass is 32.2. The summed E-state index contributed by atoms with van der Waals surface area (Å²) in [6, 6.07) is 3.96. The molecule has 6 heteroatoms. The number of hydrogen-bond donors (Lipinski definition) is 0. The molecule has 5 nitrogen and oxygen atoms in total. The normalized spacial score (nSPS) is 17.7. The Bertz CT molecular complexity index is 445. The molecule has 0 N–H and O–H groups in total. The molecule has 0 amide bonds. The van der Waals surface area contributed by atoms with E-state index in [0.29, 0.717) is 6.54 Å². The summed E-state index contributed by atoms with van der Waals surface area (Å²) < 4.78 is 0. The molecule has 0 aromatic carbocycles. The SMILES string of the molecule is Cc1ccc(CN2CCSC2=C[N+](=O)[O-])cn1. The highest BCUT2D eigenvalue weighted by molar-refractivity contribution is 8.03. The molecule has 2 heterocycles. The van der Waals surface area contributed by atoms with E-state index in [1.807, 2.05) is 30.2 Å². The van der Waals surface area contributed by atoms with Crippen molar-refractivity contribution < 1.29 is 4.92 Å². The lowest BCUT2D eigenvalue weighted by atomic mass is 10.2. The van der Waals surface area contributed by atoms with Crippen molar-refractivity contribution in [1.82, 2.24) is 9.88 Å². The largest absolute Gasteiger partial charge is 0.356 e. The van der Waals surface area contributed by atoms with Crippen LogP contribution < -0.4 is 0 Å². The molecule has 90 valence electrons. The van der Waals surface area contributed by atoms with Crippen LogP contribution in [0.25, 0.3) is 0 Å². The highest BCUT2D eigenvalue weighted by Gasteiger charge is 2.20. The number of rotatable bonds is 3. The Morgan fingerprint density at radius 1 is 1.65 bits per heavy atom. The molecule has 0 radical (unpaired) electrons. The standard InChI is InChI=1S/C11H13N3O2S/c1-9-2-3-10(6-12-9)7-13-4-5-17-11(13)8-14(15)16/h2-3,6,8H,4-5,7H2,1H3. The molecule has 1 saturated heterocycles. The quantitative estimate of drug-likeness (QED) is 0.607. The van der Waals surface area contributed by atoms with Crippen LogP contribution >= 0.6 is 11.8 Å². The number of aryl methyl sites for hydroxylation is 1. The van der Waals surface area contributed by atoms with Crippen molar-refractivity contribution in [3.8, 4) is 0 Å². The Kier molecular flexibility index (Phi) is 3.63.